The molecule has 0 bridgehead atoms. The molecule has 0 saturated heterocycles. The number of aromatic carboxylic acids is 1. The molecule has 0 radical (unpaired) electrons. The van der Waals surface area contributed by atoms with Gasteiger partial charge in [0.2, 0.25) is 0 Å². The van der Waals surface area contributed by atoms with Crippen molar-refractivity contribution in [2.24, 2.45) is 0 Å². The Morgan fingerprint density at radius 3 is 2.71 bits per heavy atom. The molecule has 0 aromatic carbocycles. The minimum Gasteiger partial charge on any atom is -0.478 e. The van der Waals surface area contributed by atoms with Crippen LogP contribution in [0, 0.1) is 0 Å². The Morgan fingerprint density at radius 2 is 2.00 bits per heavy atom. The number of carboxylic acids is 1. The van der Waals surface area contributed by atoms with Gasteiger partial charge < -0.3 is 5.11 Å². The number of hydrogen-bond donors (Lipinski definition) is 1. The lowest BCUT2D eigenvalue weighted by atomic mass is 10.1. The van der Waals surface area contributed by atoms with Gasteiger partial charge in [0.15, 0.2) is 0 Å². The fraction of sp³-hybridized carbons (Fsp3) is 0.692. The molecule has 4 nitrogen and oxygen atoms in total. The minimum absolute atomic E-state index is 0.467. The molecule has 0 saturated carbocycles. The Bertz CT molecular complexity index is 410. The summed E-state index contributed by atoms with van der Waals surface area (Å²) >= 11 is 0. The van der Waals surface area contributed by atoms with Gasteiger partial charge in [-0.25, -0.2) is 4.79 Å². The van der Waals surface area contributed by atoms with Crippen LogP contribution in [0.1, 0.15) is 60.8 Å². The second-order valence-electron chi connectivity index (χ2n) is 4.67. The highest BCUT2D eigenvalue weighted by Gasteiger charge is 2.22. The molecule has 1 aromatic rings. The molecule has 0 fully saturated rings. The topological polar surface area (TPSA) is 55.1 Å². The highest BCUT2D eigenvalue weighted by Crippen LogP contribution is 2.21. The molecule has 2 rings (SSSR count). The molecule has 0 unspecified atom stereocenters. The second kappa shape index (κ2) is 5.34. The smallest absolute Gasteiger partial charge is 0.339 e. The van der Waals surface area contributed by atoms with E-state index in [4.69, 9.17) is 0 Å². The fourth-order valence-electron chi connectivity index (χ4n) is 2.57. The summed E-state index contributed by atoms with van der Waals surface area (Å²) in [5.41, 5.74) is 2.15. The molecule has 2 heterocycles. The Balaban J connectivity index is 2.40. The van der Waals surface area contributed by atoms with Crippen LogP contribution in [0.5, 0.6) is 0 Å². The molecule has 0 atom stereocenters. The van der Waals surface area contributed by atoms with Crippen LogP contribution in [0.15, 0.2) is 0 Å². The van der Waals surface area contributed by atoms with Crippen molar-refractivity contribution in [2.45, 2.75) is 58.4 Å². The van der Waals surface area contributed by atoms with Gasteiger partial charge >= 0.3 is 5.97 Å². The SMILES string of the molecule is CCc1nn2c(c1C(=O)O)CCCCCCC2. The van der Waals surface area contributed by atoms with Gasteiger partial charge in [-0.15, -0.1) is 0 Å². The zero-order valence-electron chi connectivity index (χ0n) is 10.4. The van der Waals surface area contributed by atoms with Crippen molar-refractivity contribution in [1.29, 1.82) is 0 Å². The van der Waals surface area contributed by atoms with Gasteiger partial charge in [0, 0.05) is 6.54 Å². The van der Waals surface area contributed by atoms with E-state index in [0.717, 1.165) is 37.2 Å². The summed E-state index contributed by atoms with van der Waals surface area (Å²) in [5.74, 6) is -0.817. The average molecular weight is 236 g/mol. The van der Waals surface area contributed by atoms with Crippen LogP contribution in [0.25, 0.3) is 0 Å². The summed E-state index contributed by atoms with van der Waals surface area (Å²) in [4.78, 5) is 11.3. The summed E-state index contributed by atoms with van der Waals surface area (Å²) in [7, 11) is 0. The molecule has 4 heteroatoms. The fourth-order valence-corrected chi connectivity index (χ4v) is 2.57. The third-order valence-corrected chi connectivity index (χ3v) is 3.46. The normalized spacial score (nSPS) is 16.8. The third-order valence-electron chi connectivity index (χ3n) is 3.46. The highest BCUT2D eigenvalue weighted by molar-refractivity contribution is 5.90. The quantitative estimate of drug-likeness (QED) is 0.858. The first-order valence-corrected chi connectivity index (χ1v) is 6.56. The van der Waals surface area contributed by atoms with Crippen molar-refractivity contribution in [3.8, 4) is 0 Å². The van der Waals surface area contributed by atoms with Gasteiger partial charge in [0.05, 0.1) is 11.4 Å². The monoisotopic (exact) mass is 236 g/mol. The third kappa shape index (κ3) is 2.51. The molecule has 1 N–H and O–H groups in total. The lowest BCUT2D eigenvalue weighted by Gasteiger charge is -2.05. The lowest BCUT2D eigenvalue weighted by molar-refractivity contribution is 0.0694. The summed E-state index contributed by atoms with van der Waals surface area (Å²) in [6.45, 7) is 2.84. The first-order chi connectivity index (χ1) is 8.24. The van der Waals surface area contributed by atoms with E-state index in [0.29, 0.717) is 12.0 Å². The number of aromatic nitrogens is 2. The summed E-state index contributed by atoms with van der Waals surface area (Å²) in [5, 5.41) is 13.8. The Hall–Kier alpha value is -1.32. The first kappa shape index (κ1) is 12.1. The van der Waals surface area contributed by atoms with Crippen LogP contribution >= 0.6 is 0 Å². The van der Waals surface area contributed by atoms with E-state index in [1.54, 1.807) is 0 Å². The number of carboxylic acid groups (broad SMARTS) is 1. The molecule has 17 heavy (non-hydrogen) atoms. The molecule has 1 aliphatic heterocycles. The van der Waals surface area contributed by atoms with Crippen molar-refractivity contribution in [3.05, 3.63) is 17.0 Å². The van der Waals surface area contributed by atoms with Gasteiger partial charge in [-0.05, 0) is 25.7 Å². The average Bonchev–Trinajstić information content (AvgIpc) is 2.68. The molecule has 94 valence electrons. The van der Waals surface area contributed by atoms with Crippen molar-refractivity contribution >= 4 is 5.97 Å². The van der Waals surface area contributed by atoms with Crippen LogP contribution in [0.4, 0.5) is 0 Å². The standard InChI is InChI=1S/C13H20N2O2/c1-2-10-12(13(16)17)11-8-6-4-3-5-7-9-15(11)14-10/h2-9H2,1H3,(H,16,17). The number of fused-ring (bicyclic) bond motifs is 1. The summed E-state index contributed by atoms with van der Waals surface area (Å²) in [6.07, 6.45) is 7.42. The second-order valence-corrected chi connectivity index (χ2v) is 4.67. The predicted molar refractivity (Wildman–Crippen MR) is 65.4 cm³/mol. The number of nitrogens with zero attached hydrogens (tertiary/aromatic N) is 2. The van der Waals surface area contributed by atoms with Gasteiger partial charge in [-0.3, -0.25) is 4.68 Å². The number of carbonyl (C=O) groups is 1. The van der Waals surface area contributed by atoms with E-state index in [-0.39, 0.29) is 0 Å². The zero-order chi connectivity index (χ0) is 12.3. The van der Waals surface area contributed by atoms with E-state index in [9.17, 15) is 9.90 Å². The Labute approximate surface area is 102 Å². The van der Waals surface area contributed by atoms with E-state index in [1.807, 2.05) is 11.6 Å². The molecule has 0 spiro atoms. The van der Waals surface area contributed by atoms with Crippen LogP contribution in [0.3, 0.4) is 0 Å². The van der Waals surface area contributed by atoms with Gasteiger partial charge in [-0.2, -0.15) is 5.10 Å². The van der Waals surface area contributed by atoms with E-state index < -0.39 is 5.97 Å². The van der Waals surface area contributed by atoms with Crippen LogP contribution in [-0.2, 0) is 19.4 Å². The van der Waals surface area contributed by atoms with E-state index >= 15 is 0 Å². The highest BCUT2D eigenvalue weighted by atomic mass is 16.4. The predicted octanol–water partition coefficient (Wildman–Crippen LogP) is 2.65. The summed E-state index contributed by atoms with van der Waals surface area (Å²) < 4.78 is 1.94. The molecular formula is C13H20N2O2. The molecule has 0 aliphatic carbocycles. The number of aryl methyl sites for hydroxylation is 2. The zero-order valence-corrected chi connectivity index (χ0v) is 10.4. The maximum atomic E-state index is 11.3. The molecular weight excluding hydrogens is 216 g/mol. The van der Waals surface area contributed by atoms with E-state index in [1.165, 1.54) is 19.3 Å². The van der Waals surface area contributed by atoms with Crippen molar-refractivity contribution in [2.75, 3.05) is 0 Å². The minimum atomic E-state index is -0.817. The van der Waals surface area contributed by atoms with Gasteiger partial charge in [0.25, 0.3) is 0 Å². The Morgan fingerprint density at radius 1 is 1.29 bits per heavy atom. The molecule has 0 amide bonds. The van der Waals surface area contributed by atoms with Crippen molar-refractivity contribution in [1.82, 2.24) is 9.78 Å². The number of rotatable bonds is 2. The van der Waals surface area contributed by atoms with Crippen LogP contribution in [-0.4, -0.2) is 20.9 Å². The molecule has 1 aliphatic rings. The Kier molecular flexibility index (Phi) is 3.82. The van der Waals surface area contributed by atoms with E-state index in [2.05, 4.69) is 5.10 Å². The molecule has 1 aromatic heterocycles. The summed E-state index contributed by atoms with van der Waals surface area (Å²) in [6, 6.07) is 0. The largest absolute Gasteiger partial charge is 0.478 e. The van der Waals surface area contributed by atoms with Gasteiger partial charge in [-0.1, -0.05) is 26.2 Å². The van der Waals surface area contributed by atoms with Crippen LogP contribution < -0.4 is 0 Å². The van der Waals surface area contributed by atoms with Crippen LogP contribution in [0.2, 0.25) is 0 Å². The maximum absolute atomic E-state index is 11.3. The lowest BCUT2D eigenvalue weighted by Crippen LogP contribution is -2.08. The van der Waals surface area contributed by atoms with Crippen molar-refractivity contribution < 1.29 is 9.90 Å². The van der Waals surface area contributed by atoms with Gasteiger partial charge in [0.1, 0.15) is 5.56 Å². The maximum Gasteiger partial charge on any atom is 0.339 e. The number of hydrogen-bond acceptors (Lipinski definition) is 2. The first-order valence-electron chi connectivity index (χ1n) is 6.56. The van der Waals surface area contributed by atoms with Crippen molar-refractivity contribution in [3.63, 3.8) is 0 Å².